The molecule has 1 aliphatic heterocycles. The van der Waals surface area contributed by atoms with Crippen molar-refractivity contribution >= 4 is 16.8 Å². The summed E-state index contributed by atoms with van der Waals surface area (Å²) in [7, 11) is 0. The molecule has 4 rings (SSSR count). The van der Waals surface area contributed by atoms with Crippen LogP contribution in [0.4, 0.5) is 0 Å². The van der Waals surface area contributed by atoms with Crippen molar-refractivity contribution in [2.45, 2.75) is 32.7 Å². The second-order valence-electron chi connectivity index (χ2n) is 8.03. The van der Waals surface area contributed by atoms with Crippen LogP contribution in [0, 0.1) is 5.92 Å². The molecule has 1 aromatic heterocycles. The smallest absolute Gasteiger partial charge is 0.223 e. The zero-order valence-corrected chi connectivity index (χ0v) is 17.7. The van der Waals surface area contributed by atoms with Gasteiger partial charge in [-0.15, -0.1) is 0 Å². The van der Waals surface area contributed by atoms with Crippen molar-refractivity contribution in [2.24, 2.45) is 5.92 Å². The molecule has 0 radical (unpaired) electrons. The van der Waals surface area contributed by atoms with E-state index in [9.17, 15) is 4.79 Å². The van der Waals surface area contributed by atoms with Gasteiger partial charge in [-0.3, -0.25) is 9.69 Å². The van der Waals surface area contributed by atoms with Crippen molar-refractivity contribution < 1.29 is 9.53 Å². The predicted molar refractivity (Wildman–Crippen MR) is 121 cm³/mol. The number of nitrogens with zero attached hydrogens (tertiary/aromatic N) is 1. The van der Waals surface area contributed by atoms with Crippen molar-refractivity contribution in [3.63, 3.8) is 0 Å². The number of aromatic amines is 1. The minimum Gasteiger partial charge on any atom is -0.494 e. The molecule has 158 valence electrons. The Morgan fingerprint density at radius 2 is 1.90 bits per heavy atom. The summed E-state index contributed by atoms with van der Waals surface area (Å²) in [6.45, 7) is 6.24. The van der Waals surface area contributed by atoms with E-state index < -0.39 is 0 Å². The molecule has 2 N–H and O–H groups in total. The molecule has 2 heterocycles. The standard InChI is InChI=1S/C25H31N3O2/c1-2-30-22-9-7-19(8-10-22)18-28-15-12-20(13-16-28)25(29)26-14-11-21-17-27-24-6-4-3-5-23(21)24/h3-10,17,20,27H,2,11-16,18H2,1H3,(H,26,29). The van der Waals surface area contributed by atoms with Crippen LogP contribution < -0.4 is 10.1 Å². The highest BCUT2D eigenvalue weighted by Crippen LogP contribution is 2.21. The average molecular weight is 406 g/mol. The van der Waals surface area contributed by atoms with Gasteiger partial charge in [0.1, 0.15) is 5.75 Å². The molecule has 1 fully saturated rings. The lowest BCUT2D eigenvalue weighted by Crippen LogP contribution is -2.40. The van der Waals surface area contributed by atoms with Crippen LogP contribution in [-0.4, -0.2) is 42.0 Å². The maximum atomic E-state index is 12.6. The molecule has 0 atom stereocenters. The Hall–Kier alpha value is -2.79. The maximum Gasteiger partial charge on any atom is 0.223 e. The highest BCUT2D eigenvalue weighted by Gasteiger charge is 2.24. The first kappa shape index (κ1) is 20.5. The molecular weight excluding hydrogens is 374 g/mol. The first-order valence-electron chi connectivity index (χ1n) is 11.0. The van der Waals surface area contributed by atoms with E-state index in [-0.39, 0.29) is 11.8 Å². The van der Waals surface area contributed by atoms with Gasteiger partial charge in [-0.2, -0.15) is 0 Å². The number of hydrogen-bond acceptors (Lipinski definition) is 3. The van der Waals surface area contributed by atoms with E-state index in [2.05, 4.69) is 51.7 Å². The van der Waals surface area contributed by atoms with Gasteiger partial charge >= 0.3 is 0 Å². The number of ether oxygens (including phenoxy) is 1. The number of fused-ring (bicyclic) bond motifs is 1. The molecule has 0 saturated carbocycles. The number of aromatic nitrogens is 1. The molecule has 0 unspecified atom stereocenters. The summed E-state index contributed by atoms with van der Waals surface area (Å²) in [5.41, 5.74) is 3.70. The molecule has 5 heteroatoms. The monoisotopic (exact) mass is 405 g/mol. The Morgan fingerprint density at radius 3 is 2.67 bits per heavy atom. The summed E-state index contributed by atoms with van der Waals surface area (Å²) < 4.78 is 5.51. The molecular formula is C25H31N3O2. The highest BCUT2D eigenvalue weighted by molar-refractivity contribution is 5.83. The van der Waals surface area contributed by atoms with Crippen molar-refractivity contribution in [2.75, 3.05) is 26.2 Å². The van der Waals surface area contributed by atoms with Crippen LogP contribution in [0.3, 0.4) is 0 Å². The Kier molecular flexibility index (Phi) is 6.70. The summed E-state index contributed by atoms with van der Waals surface area (Å²) in [5.74, 6) is 1.25. The van der Waals surface area contributed by atoms with Gasteiger partial charge in [-0.25, -0.2) is 0 Å². The van der Waals surface area contributed by atoms with Gasteiger partial charge in [0.05, 0.1) is 6.61 Å². The lowest BCUT2D eigenvalue weighted by atomic mass is 9.95. The fraction of sp³-hybridized carbons (Fsp3) is 0.400. The van der Waals surface area contributed by atoms with Crippen LogP contribution >= 0.6 is 0 Å². The third kappa shape index (κ3) is 5.03. The molecule has 1 aliphatic rings. The maximum absolute atomic E-state index is 12.6. The summed E-state index contributed by atoms with van der Waals surface area (Å²) in [4.78, 5) is 18.3. The number of piperidine rings is 1. The number of carbonyl (C=O) groups excluding carboxylic acids is 1. The number of likely N-dealkylation sites (tertiary alicyclic amines) is 1. The number of nitrogens with one attached hydrogen (secondary N) is 2. The van der Waals surface area contributed by atoms with Crippen LogP contribution in [0.5, 0.6) is 5.75 Å². The first-order valence-corrected chi connectivity index (χ1v) is 11.0. The number of amides is 1. The second kappa shape index (κ2) is 9.81. The van der Waals surface area contributed by atoms with Gasteiger partial charge in [0.2, 0.25) is 5.91 Å². The summed E-state index contributed by atoms with van der Waals surface area (Å²) in [6.07, 6.45) is 4.76. The van der Waals surface area contributed by atoms with Gasteiger partial charge in [-0.05, 0) is 68.6 Å². The molecule has 1 saturated heterocycles. The van der Waals surface area contributed by atoms with E-state index in [0.717, 1.165) is 50.2 Å². The Bertz CT molecular complexity index is 956. The topological polar surface area (TPSA) is 57.4 Å². The number of carbonyl (C=O) groups is 1. The van der Waals surface area contributed by atoms with Gasteiger partial charge in [-0.1, -0.05) is 30.3 Å². The van der Waals surface area contributed by atoms with Crippen LogP contribution in [0.1, 0.15) is 30.9 Å². The van der Waals surface area contributed by atoms with E-state index in [1.165, 1.54) is 16.5 Å². The van der Waals surface area contributed by atoms with Crippen LogP contribution in [0.15, 0.2) is 54.7 Å². The SMILES string of the molecule is CCOc1ccc(CN2CCC(C(=O)NCCc3c[nH]c4ccccc34)CC2)cc1. The Labute approximate surface area is 178 Å². The Morgan fingerprint density at radius 1 is 1.13 bits per heavy atom. The van der Waals surface area contributed by atoms with E-state index >= 15 is 0 Å². The van der Waals surface area contributed by atoms with Gasteiger partial charge in [0.25, 0.3) is 0 Å². The van der Waals surface area contributed by atoms with Crippen molar-refractivity contribution in [1.29, 1.82) is 0 Å². The number of H-pyrrole nitrogens is 1. The van der Waals surface area contributed by atoms with Crippen LogP contribution in [0.2, 0.25) is 0 Å². The molecule has 1 amide bonds. The molecule has 3 aromatic rings. The van der Waals surface area contributed by atoms with Gasteiger partial charge in [0.15, 0.2) is 0 Å². The van der Waals surface area contributed by atoms with Gasteiger partial charge < -0.3 is 15.0 Å². The fourth-order valence-electron chi connectivity index (χ4n) is 4.27. The summed E-state index contributed by atoms with van der Waals surface area (Å²) in [6, 6.07) is 16.6. The number of rotatable bonds is 8. The zero-order chi connectivity index (χ0) is 20.8. The van der Waals surface area contributed by atoms with E-state index in [1.807, 2.05) is 25.1 Å². The van der Waals surface area contributed by atoms with E-state index in [1.54, 1.807) is 0 Å². The zero-order valence-electron chi connectivity index (χ0n) is 17.7. The van der Waals surface area contributed by atoms with Crippen molar-refractivity contribution in [3.05, 3.63) is 65.9 Å². The lowest BCUT2D eigenvalue weighted by Gasteiger charge is -2.31. The van der Waals surface area contributed by atoms with Crippen LogP contribution in [0.25, 0.3) is 10.9 Å². The first-order chi connectivity index (χ1) is 14.7. The van der Waals surface area contributed by atoms with E-state index in [4.69, 9.17) is 4.74 Å². The fourth-order valence-corrected chi connectivity index (χ4v) is 4.27. The van der Waals surface area contributed by atoms with Gasteiger partial charge in [0, 0.05) is 36.1 Å². The Balaban J connectivity index is 1.19. The number of para-hydroxylation sites is 1. The molecule has 0 aliphatic carbocycles. The summed E-state index contributed by atoms with van der Waals surface area (Å²) in [5, 5.41) is 4.40. The van der Waals surface area contributed by atoms with E-state index in [0.29, 0.717) is 13.2 Å². The van der Waals surface area contributed by atoms with Crippen molar-refractivity contribution in [3.8, 4) is 5.75 Å². The normalized spacial score (nSPS) is 15.4. The largest absolute Gasteiger partial charge is 0.494 e. The number of hydrogen-bond donors (Lipinski definition) is 2. The molecule has 5 nitrogen and oxygen atoms in total. The summed E-state index contributed by atoms with van der Waals surface area (Å²) >= 11 is 0. The third-order valence-electron chi connectivity index (χ3n) is 5.97. The molecule has 2 aromatic carbocycles. The highest BCUT2D eigenvalue weighted by atomic mass is 16.5. The molecule has 30 heavy (non-hydrogen) atoms. The molecule has 0 spiro atoms. The third-order valence-corrected chi connectivity index (χ3v) is 5.97. The van der Waals surface area contributed by atoms with Crippen LogP contribution in [-0.2, 0) is 17.8 Å². The minimum absolute atomic E-state index is 0.129. The quantitative estimate of drug-likeness (QED) is 0.592. The van der Waals surface area contributed by atoms with Crippen molar-refractivity contribution in [1.82, 2.24) is 15.2 Å². The lowest BCUT2D eigenvalue weighted by molar-refractivity contribution is -0.126. The predicted octanol–water partition coefficient (Wildman–Crippen LogP) is 4.14. The number of benzene rings is 2. The second-order valence-corrected chi connectivity index (χ2v) is 8.03. The minimum atomic E-state index is 0.129. The average Bonchev–Trinajstić information content (AvgIpc) is 3.19. The molecule has 0 bridgehead atoms.